The molecule has 8 heteroatoms. The summed E-state index contributed by atoms with van der Waals surface area (Å²) in [5, 5.41) is 11.4. The fourth-order valence-corrected chi connectivity index (χ4v) is 2.74. The van der Waals surface area contributed by atoms with E-state index in [2.05, 4.69) is 5.32 Å². The minimum Gasteiger partial charge on any atom is -0.481 e. The maximum atomic E-state index is 12.0. The molecular weight excluding hydrogens is 264 g/mol. The summed E-state index contributed by atoms with van der Waals surface area (Å²) in [7, 11) is 0. The smallest absolute Gasteiger partial charge is 0.317 e. The van der Waals surface area contributed by atoms with Crippen LogP contribution in [0.1, 0.15) is 19.3 Å². The first kappa shape index (κ1) is 14.6. The highest BCUT2D eigenvalue weighted by molar-refractivity contribution is 5.86. The Morgan fingerprint density at radius 2 is 2.00 bits per heavy atom. The van der Waals surface area contributed by atoms with Crippen LogP contribution in [0.4, 0.5) is 4.79 Å². The van der Waals surface area contributed by atoms with Gasteiger partial charge in [-0.15, -0.1) is 0 Å². The molecule has 2 saturated heterocycles. The monoisotopic (exact) mass is 284 g/mol. The summed E-state index contributed by atoms with van der Waals surface area (Å²) in [5.74, 6) is -1.40. The van der Waals surface area contributed by atoms with E-state index in [0.717, 1.165) is 0 Å². The van der Waals surface area contributed by atoms with E-state index in [0.29, 0.717) is 39.0 Å². The summed E-state index contributed by atoms with van der Waals surface area (Å²) >= 11 is 0. The number of hydrogen-bond donors (Lipinski definition) is 3. The summed E-state index contributed by atoms with van der Waals surface area (Å²) in [6.07, 6.45) is 1.06. The molecule has 4 N–H and O–H groups in total. The standard InChI is InChI=1S/C12H20N4O4/c13-9(7-10(17)18)11(19)15-4-1-8(2-5-15)16-6-3-14-12(16)20/h8-9H,1-7,13H2,(H,14,20)(H,17,18). The van der Waals surface area contributed by atoms with E-state index >= 15 is 0 Å². The van der Waals surface area contributed by atoms with Crippen LogP contribution in [0.15, 0.2) is 0 Å². The third kappa shape index (κ3) is 3.19. The van der Waals surface area contributed by atoms with Crippen LogP contribution < -0.4 is 11.1 Å². The molecular formula is C12H20N4O4. The van der Waals surface area contributed by atoms with Crippen LogP contribution in [-0.4, -0.2) is 71.1 Å². The van der Waals surface area contributed by atoms with Crippen LogP contribution in [0.25, 0.3) is 0 Å². The Morgan fingerprint density at radius 1 is 1.35 bits per heavy atom. The van der Waals surface area contributed by atoms with Crippen LogP contribution in [-0.2, 0) is 9.59 Å². The van der Waals surface area contributed by atoms with Gasteiger partial charge >= 0.3 is 12.0 Å². The van der Waals surface area contributed by atoms with Gasteiger partial charge in [-0.25, -0.2) is 4.79 Å². The average Bonchev–Trinajstić information content (AvgIpc) is 2.83. The Bertz CT molecular complexity index is 406. The van der Waals surface area contributed by atoms with Crippen molar-refractivity contribution in [3.05, 3.63) is 0 Å². The molecule has 0 bridgehead atoms. The third-order valence-electron chi connectivity index (χ3n) is 3.82. The molecule has 8 nitrogen and oxygen atoms in total. The number of rotatable bonds is 4. The Kier molecular flexibility index (Phi) is 4.43. The molecule has 0 aromatic carbocycles. The van der Waals surface area contributed by atoms with Gasteiger partial charge in [0.05, 0.1) is 12.5 Å². The normalized spacial score (nSPS) is 21.8. The van der Waals surface area contributed by atoms with Gasteiger partial charge in [0, 0.05) is 32.2 Å². The van der Waals surface area contributed by atoms with Crippen molar-refractivity contribution in [1.82, 2.24) is 15.1 Å². The molecule has 2 rings (SSSR count). The number of carboxylic acids is 1. The van der Waals surface area contributed by atoms with E-state index < -0.39 is 12.0 Å². The second kappa shape index (κ2) is 6.08. The van der Waals surface area contributed by atoms with Crippen LogP contribution in [0, 0.1) is 0 Å². The first-order valence-electron chi connectivity index (χ1n) is 6.79. The lowest BCUT2D eigenvalue weighted by Crippen LogP contribution is -2.51. The lowest BCUT2D eigenvalue weighted by Gasteiger charge is -2.36. The van der Waals surface area contributed by atoms with Gasteiger partial charge in [-0.05, 0) is 12.8 Å². The number of carbonyl (C=O) groups excluding carboxylic acids is 2. The van der Waals surface area contributed by atoms with E-state index in [1.165, 1.54) is 0 Å². The number of urea groups is 1. The van der Waals surface area contributed by atoms with Crippen LogP contribution >= 0.6 is 0 Å². The van der Waals surface area contributed by atoms with Crippen molar-refractivity contribution in [2.75, 3.05) is 26.2 Å². The Hall–Kier alpha value is -1.83. The Morgan fingerprint density at radius 3 is 2.50 bits per heavy atom. The van der Waals surface area contributed by atoms with Crippen molar-refractivity contribution >= 4 is 17.9 Å². The highest BCUT2D eigenvalue weighted by Crippen LogP contribution is 2.18. The molecule has 3 amide bonds. The van der Waals surface area contributed by atoms with Gasteiger partial charge in [0.1, 0.15) is 0 Å². The lowest BCUT2D eigenvalue weighted by atomic mass is 10.0. The van der Waals surface area contributed by atoms with Crippen LogP contribution in [0.2, 0.25) is 0 Å². The Balaban J connectivity index is 1.83. The molecule has 0 aromatic rings. The predicted octanol–water partition coefficient (Wildman–Crippen LogP) is -1.20. The van der Waals surface area contributed by atoms with E-state index in [-0.39, 0.29) is 24.4 Å². The molecule has 1 unspecified atom stereocenters. The number of likely N-dealkylation sites (tertiary alicyclic amines) is 1. The summed E-state index contributed by atoms with van der Waals surface area (Å²) in [6.45, 7) is 2.40. The highest BCUT2D eigenvalue weighted by atomic mass is 16.4. The largest absolute Gasteiger partial charge is 0.481 e. The van der Waals surface area contributed by atoms with Gasteiger partial charge in [0.2, 0.25) is 5.91 Å². The number of nitrogens with zero attached hydrogens (tertiary/aromatic N) is 2. The molecule has 20 heavy (non-hydrogen) atoms. The zero-order chi connectivity index (χ0) is 14.7. The quantitative estimate of drug-likeness (QED) is 0.600. The van der Waals surface area contributed by atoms with Gasteiger partial charge in [-0.2, -0.15) is 0 Å². The van der Waals surface area contributed by atoms with Gasteiger partial charge in [0.25, 0.3) is 0 Å². The van der Waals surface area contributed by atoms with Crippen LogP contribution in [0.3, 0.4) is 0 Å². The van der Waals surface area contributed by atoms with Gasteiger partial charge < -0.3 is 26.0 Å². The van der Waals surface area contributed by atoms with Crippen molar-refractivity contribution < 1.29 is 19.5 Å². The number of hydrogen-bond acceptors (Lipinski definition) is 4. The molecule has 0 radical (unpaired) electrons. The molecule has 0 saturated carbocycles. The number of nitrogens with two attached hydrogens (primary N) is 1. The molecule has 2 heterocycles. The minimum absolute atomic E-state index is 0.0441. The summed E-state index contributed by atoms with van der Waals surface area (Å²) < 4.78 is 0. The first-order chi connectivity index (χ1) is 9.49. The molecule has 2 aliphatic heterocycles. The van der Waals surface area contributed by atoms with Crippen molar-refractivity contribution in [2.45, 2.75) is 31.3 Å². The molecule has 2 fully saturated rings. The fourth-order valence-electron chi connectivity index (χ4n) is 2.74. The second-order valence-electron chi connectivity index (χ2n) is 5.19. The van der Waals surface area contributed by atoms with E-state index in [4.69, 9.17) is 10.8 Å². The minimum atomic E-state index is -1.07. The molecule has 1 atom stereocenters. The Labute approximate surface area is 116 Å². The molecule has 0 aromatic heterocycles. The van der Waals surface area contributed by atoms with Crippen molar-refractivity contribution in [2.24, 2.45) is 5.73 Å². The highest BCUT2D eigenvalue weighted by Gasteiger charge is 2.33. The number of carboxylic acid groups (broad SMARTS) is 1. The van der Waals surface area contributed by atoms with E-state index in [1.807, 2.05) is 0 Å². The lowest BCUT2D eigenvalue weighted by molar-refractivity contribution is -0.142. The zero-order valence-electron chi connectivity index (χ0n) is 11.2. The molecule has 112 valence electrons. The molecule has 2 aliphatic rings. The second-order valence-corrected chi connectivity index (χ2v) is 5.19. The van der Waals surface area contributed by atoms with Gasteiger partial charge in [-0.3, -0.25) is 9.59 Å². The summed E-state index contributed by atoms with van der Waals surface area (Å²) in [5.41, 5.74) is 5.58. The number of carbonyl (C=O) groups is 3. The van der Waals surface area contributed by atoms with Crippen molar-refractivity contribution in [3.63, 3.8) is 0 Å². The van der Waals surface area contributed by atoms with Crippen molar-refractivity contribution in [3.8, 4) is 0 Å². The SMILES string of the molecule is NC(CC(=O)O)C(=O)N1CCC(N2CCNC2=O)CC1. The third-order valence-corrected chi connectivity index (χ3v) is 3.82. The maximum absolute atomic E-state index is 12.0. The first-order valence-corrected chi connectivity index (χ1v) is 6.79. The molecule has 0 aliphatic carbocycles. The van der Waals surface area contributed by atoms with E-state index in [9.17, 15) is 14.4 Å². The fraction of sp³-hybridized carbons (Fsp3) is 0.750. The molecule has 0 spiro atoms. The van der Waals surface area contributed by atoms with Gasteiger partial charge in [0.15, 0.2) is 0 Å². The van der Waals surface area contributed by atoms with Crippen LogP contribution in [0.5, 0.6) is 0 Å². The van der Waals surface area contributed by atoms with Gasteiger partial charge in [-0.1, -0.05) is 0 Å². The number of piperidine rings is 1. The zero-order valence-corrected chi connectivity index (χ0v) is 11.2. The topological polar surface area (TPSA) is 116 Å². The summed E-state index contributed by atoms with van der Waals surface area (Å²) in [6, 6.07) is -0.881. The summed E-state index contributed by atoms with van der Waals surface area (Å²) in [4.78, 5) is 37.5. The maximum Gasteiger partial charge on any atom is 0.317 e. The average molecular weight is 284 g/mol. The van der Waals surface area contributed by atoms with Crippen molar-refractivity contribution in [1.29, 1.82) is 0 Å². The number of aliphatic carboxylic acids is 1. The predicted molar refractivity (Wildman–Crippen MR) is 69.9 cm³/mol. The number of amides is 3. The van der Waals surface area contributed by atoms with E-state index in [1.54, 1.807) is 9.80 Å². The number of nitrogens with one attached hydrogen (secondary N) is 1.